The normalized spacial score (nSPS) is 13.0. The zero-order valence-electron chi connectivity index (χ0n) is 14.4. The van der Waals surface area contributed by atoms with Crippen molar-refractivity contribution >= 4 is 10.1 Å². The van der Waals surface area contributed by atoms with Crippen molar-refractivity contribution in [3.05, 3.63) is 60.2 Å². The Hall–Kier alpha value is -1.93. The molecule has 0 aliphatic heterocycles. The minimum atomic E-state index is -3.66. The van der Waals surface area contributed by atoms with Gasteiger partial charge in [-0.2, -0.15) is 8.42 Å². The molecule has 25 heavy (non-hydrogen) atoms. The summed E-state index contributed by atoms with van der Waals surface area (Å²) in [5.74, 6) is 1.36. The first-order chi connectivity index (χ1) is 11.9. The Balaban J connectivity index is 2.16. The highest BCUT2D eigenvalue weighted by atomic mass is 32.2. The molecule has 0 amide bonds. The Morgan fingerprint density at radius 1 is 0.920 bits per heavy atom. The highest BCUT2D eigenvalue weighted by Crippen LogP contribution is 2.23. The van der Waals surface area contributed by atoms with Crippen molar-refractivity contribution in [2.75, 3.05) is 20.5 Å². The highest BCUT2D eigenvalue weighted by molar-refractivity contribution is 7.86. The molecule has 2 aromatic carbocycles. The van der Waals surface area contributed by atoms with Crippen LogP contribution in [-0.4, -0.2) is 41.3 Å². The van der Waals surface area contributed by atoms with Crippen molar-refractivity contribution in [3.63, 3.8) is 0 Å². The molecular formula is C18H22O6S. The van der Waals surface area contributed by atoms with Crippen LogP contribution in [0.2, 0.25) is 0 Å². The van der Waals surface area contributed by atoms with Crippen molar-refractivity contribution in [2.45, 2.75) is 18.8 Å². The highest BCUT2D eigenvalue weighted by Gasteiger charge is 2.26. The lowest BCUT2D eigenvalue weighted by Crippen LogP contribution is -2.35. The van der Waals surface area contributed by atoms with E-state index in [1.165, 1.54) is 14.2 Å². The standard InChI is InChI=1S/C18H22O6S/c1-21-18(22-2)17(24-25(3,19)20)13-14-8-7-11-16(12-14)23-15-9-5-4-6-10-15/h4-12,17-18H,13H2,1-3H3. The molecule has 1 unspecified atom stereocenters. The zero-order chi connectivity index (χ0) is 18.3. The van der Waals surface area contributed by atoms with Crippen LogP contribution in [0.25, 0.3) is 0 Å². The fourth-order valence-electron chi connectivity index (χ4n) is 2.39. The molecule has 0 radical (unpaired) electrons. The molecule has 1 atom stereocenters. The van der Waals surface area contributed by atoms with E-state index in [2.05, 4.69) is 0 Å². The van der Waals surface area contributed by atoms with E-state index in [0.29, 0.717) is 5.75 Å². The summed E-state index contributed by atoms with van der Waals surface area (Å²) in [6.45, 7) is 0. The minimum absolute atomic E-state index is 0.283. The van der Waals surface area contributed by atoms with Gasteiger partial charge in [-0.1, -0.05) is 30.3 Å². The summed E-state index contributed by atoms with van der Waals surface area (Å²) < 4.78 is 44.3. The predicted octanol–water partition coefficient (Wildman–Crippen LogP) is 2.99. The van der Waals surface area contributed by atoms with E-state index in [1.54, 1.807) is 0 Å². The Morgan fingerprint density at radius 3 is 2.16 bits per heavy atom. The topological polar surface area (TPSA) is 71.1 Å². The Morgan fingerprint density at radius 2 is 1.56 bits per heavy atom. The van der Waals surface area contributed by atoms with Gasteiger partial charge in [0.2, 0.25) is 0 Å². The van der Waals surface area contributed by atoms with Gasteiger partial charge in [0.05, 0.1) is 6.26 Å². The lowest BCUT2D eigenvalue weighted by Gasteiger charge is -2.24. The number of hydrogen-bond donors (Lipinski definition) is 0. The van der Waals surface area contributed by atoms with Crippen molar-refractivity contribution < 1.29 is 26.8 Å². The van der Waals surface area contributed by atoms with Gasteiger partial charge in [0, 0.05) is 20.6 Å². The second-order valence-electron chi connectivity index (χ2n) is 5.45. The fraction of sp³-hybridized carbons (Fsp3) is 0.333. The summed E-state index contributed by atoms with van der Waals surface area (Å²) in [6, 6.07) is 16.7. The smallest absolute Gasteiger partial charge is 0.264 e. The van der Waals surface area contributed by atoms with E-state index in [9.17, 15) is 8.42 Å². The van der Waals surface area contributed by atoms with Gasteiger partial charge < -0.3 is 14.2 Å². The van der Waals surface area contributed by atoms with Crippen LogP contribution < -0.4 is 4.74 Å². The van der Waals surface area contributed by atoms with Gasteiger partial charge in [0.1, 0.15) is 17.6 Å². The van der Waals surface area contributed by atoms with Gasteiger partial charge in [-0.05, 0) is 29.8 Å². The van der Waals surface area contributed by atoms with Crippen LogP contribution >= 0.6 is 0 Å². The Labute approximate surface area is 148 Å². The van der Waals surface area contributed by atoms with E-state index in [0.717, 1.165) is 17.6 Å². The third-order valence-electron chi connectivity index (χ3n) is 3.38. The quantitative estimate of drug-likeness (QED) is 0.502. The van der Waals surface area contributed by atoms with Crippen LogP contribution in [-0.2, 0) is 30.2 Å². The van der Waals surface area contributed by atoms with Crippen LogP contribution in [0.3, 0.4) is 0 Å². The molecular weight excluding hydrogens is 344 g/mol. The van der Waals surface area contributed by atoms with Gasteiger partial charge in [0.15, 0.2) is 6.29 Å². The number of rotatable bonds is 9. The molecule has 0 saturated heterocycles. The van der Waals surface area contributed by atoms with Gasteiger partial charge in [-0.15, -0.1) is 0 Å². The molecule has 0 fully saturated rings. The Bertz CT molecular complexity index is 756. The first kappa shape index (κ1) is 19.4. The molecule has 2 aromatic rings. The summed E-state index contributed by atoms with van der Waals surface area (Å²) in [5, 5.41) is 0. The maximum atomic E-state index is 11.5. The van der Waals surface area contributed by atoms with Gasteiger partial charge in [0.25, 0.3) is 10.1 Å². The third-order valence-corrected chi connectivity index (χ3v) is 3.98. The van der Waals surface area contributed by atoms with Crippen molar-refractivity contribution in [3.8, 4) is 11.5 Å². The molecule has 0 saturated carbocycles. The SMILES string of the molecule is COC(OC)C(Cc1cccc(Oc2ccccc2)c1)OS(C)(=O)=O. The molecule has 0 N–H and O–H groups in total. The van der Waals surface area contributed by atoms with Gasteiger partial charge in [-0.25, -0.2) is 0 Å². The number of para-hydroxylation sites is 1. The Kier molecular flexibility index (Phi) is 6.95. The summed E-state index contributed by atoms with van der Waals surface area (Å²) in [4.78, 5) is 0. The minimum Gasteiger partial charge on any atom is -0.457 e. The number of benzene rings is 2. The maximum Gasteiger partial charge on any atom is 0.264 e. The summed E-state index contributed by atoms with van der Waals surface area (Å²) in [7, 11) is -0.794. The summed E-state index contributed by atoms with van der Waals surface area (Å²) in [5.41, 5.74) is 0.834. The first-order valence-electron chi connectivity index (χ1n) is 7.67. The predicted molar refractivity (Wildman–Crippen MR) is 94.2 cm³/mol. The molecule has 0 aliphatic carbocycles. The summed E-state index contributed by atoms with van der Waals surface area (Å²) in [6.07, 6.45) is -0.340. The van der Waals surface area contributed by atoms with E-state index in [4.69, 9.17) is 18.4 Å². The van der Waals surface area contributed by atoms with Gasteiger partial charge >= 0.3 is 0 Å². The van der Waals surface area contributed by atoms with E-state index < -0.39 is 22.5 Å². The second kappa shape index (κ2) is 8.96. The maximum absolute atomic E-state index is 11.5. The molecule has 0 bridgehead atoms. The van der Waals surface area contributed by atoms with Crippen molar-refractivity contribution in [1.29, 1.82) is 0 Å². The lowest BCUT2D eigenvalue weighted by molar-refractivity contribution is -0.154. The third kappa shape index (κ3) is 6.47. The van der Waals surface area contributed by atoms with Crippen LogP contribution in [0, 0.1) is 0 Å². The van der Waals surface area contributed by atoms with E-state index >= 15 is 0 Å². The van der Waals surface area contributed by atoms with Crippen LogP contribution in [0.1, 0.15) is 5.56 Å². The van der Waals surface area contributed by atoms with E-state index in [-0.39, 0.29) is 6.42 Å². The number of ether oxygens (including phenoxy) is 3. The molecule has 2 rings (SSSR count). The molecule has 7 heteroatoms. The second-order valence-corrected chi connectivity index (χ2v) is 7.05. The van der Waals surface area contributed by atoms with Crippen molar-refractivity contribution in [1.82, 2.24) is 0 Å². The van der Waals surface area contributed by atoms with Crippen LogP contribution in [0.15, 0.2) is 54.6 Å². The molecule has 136 valence electrons. The monoisotopic (exact) mass is 366 g/mol. The summed E-state index contributed by atoms with van der Waals surface area (Å²) >= 11 is 0. The largest absolute Gasteiger partial charge is 0.457 e. The molecule has 0 aromatic heterocycles. The molecule has 0 aliphatic rings. The fourth-order valence-corrected chi connectivity index (χ4v) is 3.00. The first-order valence-corrected chi connectivity index (χ1v) is 9.48. The van der Waals surface area contributed by atoms with E-state index in [1.807, 2.05) is 54.6 Å². The van der Waals surface area contributed by atoms with Crippen LogP contribution in [0.4, 0.5) is 0 Å². The van der Waals surface area contributed by atoms with Gasteiger partial charge in [-0.3, -0.25) is 4.18 Å². The van der Waals surface area contributed by atoms with Crippen LogP contribution in [0.5, 0.6) is 11.5 Å². The number of hydrogen-bond acceptors (Lipinski definition) is 6. The molecule has 0 spiro atoms. The lowest BCUT2D eigenvalue weighted by atomic mass is 10.1. The van der Waals surface area contributed by atoms with Crippen molar-refractivity contribution in [2.24, 2.45) is 0 Å². The average molecular weight is 366 g/mol. The molecule has 0 heterocycles. The zero-order valence-corrected chi connectivity index (χ0v) is 15.2. The molecule has 6 nitrogen and oxygen atoms in total. The number of methoxy groups -OCH3 is 2. The average Bonchev–Trinajstić information content (AvgIpc) is 2.56.